The van der Waals surface area contributed by atoms with E-state index in [1.54, 1.807) is 31.2 Å². The average Bonchev–Trinajstić information content (AvgIpc) is 2.78. The van der Waals surface area contributed by atoms with Crippen LogP contribution in [0.25, 0.3) is 0 Å². The average molecular weight is 309 g/mol. The standard InChI is InChI=1S/C15H17ClN2O3/c1-9-14(10(2)21-18-9)8-17-15(19)11(3)20-13-6-4-12(16)5-7-13/h4-7,11H,8H2,1-3H3,(H,17,19)/t11-/m1/s1. The predicted molar refractivity (Wildman–Crippen MR) is 79.4 cm³/mol. The second-order valence-corrected chi connectivity index (χ2v) is 5.17. The van der Waals surface area contributed by atoms with Crippen molar-refractivity contribution < 1.29 is 14.1 Å². The van der Waals surface area contributed by atoms with Crippen molar-refractivity contribution in [3.05, 3.63) is 46.3 Å². The molecule has 2 rings (SSSR count). The summed E-state index contributed by atoms with van der Waals surface area (Å²) in [7, 11) is 0. The van der Waals surface area contributed by atoms with Crippen LogP contribution in [0, 0.1) is 13.8 Å². The van der Waals surface area contributed by atoms with Crippen molar-refractivity contribution >= 4 is 17.5 Å². The summed E-state index contributed by atoms with van der Waals surface area (Å²) in [6.45, 7) is 5.71. The summed E-state index contributed by atoms with van der Waals surface area (Å²) < 4.78 is 10.6. The Morgan fingerprint density at radius 2 is 2.05 bits per heavy atom. The second kappa shape index (κ2) is 6.63. The number of aromatic nitrogens is 1. The molecule has 0 bridgehead atoms. The molecular weight excluding hydrogens is 292 g/mol. The fourth-order valence-electron chi connectivity index (χ4n) is 1.84. The molecule has 1 amide bonds. The number of benzene rings is 1. The molecule has 0 spiro atoms. The normalized spacial score (nSPS) is 12.0. The molecule has 0 radical (unpaired) electrons. The summed E-state index contributed by atoms with van der Waals surface area (Å²) in [5.74, 6) is 1.10. The summed E-state index contributed by atoms with van der Waals surface area (Å²) in [6, 6.07) is 6.87. The molecule has 1 N–H and O–H groups in total. The lowest BCUT2D eigenvalue weighted by Gasteiger charge is -2.14. The number of hydrogen-bond donors (Lipinski definition) is 1. The summed E-state index contributed by atoms with van der Waals surface area (Å²) in [5.41, 5.74) is 1.67. The van der Waals surface area contributed by atoms with Crippen LogP contribution in [-0.2, 0) is 11.3 Å². The summed E-state index contributed by atoms with van der Waals surface area (Å²) in [5, 5.41) is 7.28. The molecule has 1 aromatic carbocycles. The van der Waals surface area contributed by atoms with Crippen molar-refractivity contribution in [1.29, 1.82) is 0 Å². The molecule has 0 aliphatic heterocycles. The smallest absolute Gasteiger partial charge is 0.261 e. The van der Waals surface area contributed by atoms with Gasteiger partial charge in [-0.15, -0.1) is 0 Å². The number of carbonyl (C=O) groups is 1. The van der Waals surface area contributed by atoms with Gasteiger partial charge in [-0.25, -0.2) is 0 Å². The molecule has 1 heterocycles. The SMILES string of the molecule is Cc1noc(C)c1CNC(=O)[C@@H](C)Oc1ccc(Cl)cc1. The van der Waals surface area contributed by atoms with E-state index in [9.17, 15) is 4.79 Å². The van der Waals surface area contributed by atoms with Crippen LogP contribution in [0.15, 0.2) is 28.8 Å². The lowest BCUT2D eigenvalue weighted by molar-refractivity contribution is -0.127. The molecule has 0 aliphatic carbocycles. The largest absolute Gasteiger partial charge is 0.481 e. The zero-order valence-corrected chi connectivity index (χ0v) is 12.9. The summed E-state index contributed by atoms with van der Waals surface area (Å²) in [6.07, 6.45) is -0.605. The van der Waals surface area contributed by atoms with Crippen LogP contribution in [0.2, 0.25) is 5.02 Å². The number of halogens is 1. The van der Waals surface area contributed by atoms with E-state index in [1.807, 2.05) is 13.8 Å². The lowest BCUT2D eigenvalue weighted by atomic mass is 10.2. The van der Waals surface area contributed by atoms with Gasteiger partial charge in [0.15, 0.2) is 6.10 Å². The molecule has 21 heavy (non-hydrogen) atoms. The van der Waals surface area contributed by atoms with Crippen LogP contribution in [0.4, 0.5) is 0 Å². The molecule has 2 aromatic rings. The Bertz CT molecular complexity index is 603. The third-order valence-electron chi connectivity index (χ3n) is 3.12. The molecule has 0 aliphatic rings. The van der Waals surface area contributed by atoms with Gasteiger partial charge >= 0.3 is 0 Å². The van der Waals surface area contributed by atoms with Gasteiger partial charge in [0.2, 0.25) is 0 Å². The molecule has 0 unspecified atom stereocenters. The minimum Gasteiger partial charge on any atom is -0.481 e. The summed E-state index contributed by atoms with van der Waals surface area (Å²) in [4.78, 5) is 12.0. The third-order valence-corrected chi connectivity index (χ3v) is 3.37. The molecule has 0 saturated carbocycles. The molecule has 1 atom stereocenters. The third kappa shape index (κ3) is 3.98. The van der Waals surface area contributed by atoms with Gasteiger partial charge in [0.1, 0.15) is 11.5 Å². The Morgan fingerprint density at radius 1 is 1.38 bits per heavy atom. The fourth-order valence-corrected chi connectivity index (χ4v) is 1.97. The van der Waals surface area contributed by atoms with E-state index in [1.165, 1.54) is 0 Å². The van der Waals surface area contributed by atoms with Crippen molar-refractivity contribution in [1.82, 2.24) is 10.5 Å². The Kier molecular flexibility index (Phi) is 4.85. The lowest BCUT2D eigenvalue weighted by Crippen LogP contribution is -2.36. The Balaban J connectivity index is 1.89. The van der Waals surface area contributed by atoms with E-state index in [4.69, 9.17) is 20.9 Å². The van der Waals surface area contributed by atoms with E-state index >= 15 is 0 Å². The maximum atomic E-state index is 12.0. The maximum Gasteiger partial charge on any atom is 0.261 e. The molecule has 5 nitrogen and oxygen atoms in total. The fraction of sp³-hybridized carbons (Fsp3) is 0.333. The zero-order valence-electron chi connectivity index (χ0n) is 12.1. The predicted octanol–water partition coefficient (Wildman–Crippen LogP) is 3.03. The highest BCUT2D eigenvalue weighted by Crippen LogP contribution is 2.17. The number of rotatable bonds is 5. The van der Waals surface area contributed by atoms with Crippen molar-refractivity contribution in [2.45, 2.75) is 33.4 Å². The van der Waals surface area contributed by atoms with E-state index in [0.717, 1.165) is 11.3 Å². The van der Waals surface area contributed by atoms with E-state index < -0.39 is 6.10 Å². The van der Waals surface area contributed by atoms with Gasteiger partial charge in [-0.3, -0.25) is 4.79 Å². The highest BCUT2D eigenvalue weighted by molar-refractivity contribution is 6.30. The Hall–Kier alpha value is -2.01. The van der Waals surface area contributed by atoms with Gasteiger partial charge in [0.25, 0.3) is 5.91 Å². The van der Waals surface area contributed by atoms with Gasteiger partial charge < -0.3 is 14.6 Å². The zero-order chi connectivity index (χ0) is 15.4. The number of ether oxygens (including phenoxy) is 1. The van der Waals surface area contributed by atoms with Crippen LogP contribution < -0.4 is 10.1 Å². The first-order valence-electron chi connectivity index (χ1n) is 6.59. The number of nitrogens with one attached hydrogen (secondary N) is 1. The minimum absolute atomic E-state index is 0.204. The highest BCUT2D eigenvalue weighted by Gasteiger charge is 2.16. The van der Waals surface area contributed by atoms with Crippen LogP contribution in [0.5, 0.6) is 5.75 Å². The minimum atomic E-state index is -0.605. The number of nitrogens with zero attached hydrogens (tertiary/aromatic N) is 1. The first-order valence-corrected chi connectivity index (χ1v) is 6.97. The van der Waals surface area contributed by atoms with Crippen molar-refractivity contribution in [3.8, 4) is 5.75 Å². The maximum absolute atomic E-state index is 12.0. The molecule has 1 aromatic heterocycles. The number of carbonyl (C=O) groups excluding carboxylic acids is 1. The molecule has 0 saturated heterocycles. The summed E-state index contributed by atoms with van der Waals surface area (Å²) >= 11 is 5.80. The first kappa shape index (κ1) is 15.4. The number of aryl methyl sites for hydroxylation is 2. The van der Waals surface area contributed by atoms with E-state index in [0.29, 0.717) is 23.1 Å². The van der Waals surface area contributed by atoms with Gasteiger partial charge in [-0.05, 0) is 45.0 Å². The number of amides is 1. The van der Waals surface area contributed by atoms with Gasteiger partial charge in [-0.2, -0.15) is 0 Å². The molecular formula is C15H17ClN2O3. The number of hydrogen-bond acceptors (Lipinski definition) is 4. The molecule has 6 heteroatoms. The van der Waals surface area contributed by atoms with Crippen LogP contribution in [-0.4, -0.2) is 17.2 Å². The Labute approximate surface area is 128 Å². The molecule has 112 valence electrons. The second-order valence-electron chi connectivity index (χ2n) is 4.73. The Morgan fingerprint density at radius 3 is 2.62 bits per heavy atom. The van der Waals surface area contributed by atoms with Crippen LogP contribution in [0.1, 0.15) is 23.9 Å². The quantitative estimate of drug-likeness (QED) is 0.922. The van der Waals surface area contributed by atoms with Crippen LogP contribution >= 0.6 is 11.6 Å². The van der Waals surface area contributed by atoms with E-state index in [2.05, 4.69) is 10.5 Å². The van der Waals surface area contributed by atoms with E-state index in [-0.39, 0.29) is 5.91 Å². The van der Waals surface area contributed by atoms with Crippen molar-refractivity contribution in [2.24, 2.45) is 0 Å². The monoisotopic (exact) mass is 308 g/mol. The highest BCUT2D eigenvalue weighted by atomic mass is 35.5. The first-order chi connectivity index (χ1) is 9.97. The van der Waals surface area contributed by atoms with Gasteiger partial charge in [0, 0.05) is 17.1 Å². The van der Waals surface area contributed by atoms with Crippen molar-refractivity contribution in [3.63, 3.8) is 0 Å². The molecule has 0 fully saturated rings. The van der Waals surface area contributed by atoms with Gasteiger partial charge in [0.05, 0.1) is 5.69 Å². The van der Waals surface area contributed by atoms with Crippen molar-refractivity contribution in [2.75, 3.05) is 0 Å². The van der Waals surface area contributed by atoms with Crippen LogP contribution in [0.3, 0.4) is 0 Å². The topological polar surface area (TPSA) is 64.4 Å². The van der Waals surface area contributed by atoms with Gasteiger partial charge in [-0.1, -0.05) is 16.8 Å².